The van der Waals surface area contributed by atoms with Crippen LogP contribution in [0.5, 0.6) is 57.5 Å². The van der Waals surface area contributed by atoms with Crippen LogP contribution in [0.1, 0.15) is 28.9 Å². The number of hydrogen-bond donors (Lipinski definition) is 1. The summed E-state index contributed by atoms with van der Waals surface area (Å²) in [5.74, 6) is -14.3. The monoisotopic (exact) mass is 844 g/mol. The second kappa shape index (κ2) is 18.8. The first-order chi connectivity index (χ1) is 28.8. The first-order valence-electron chi connectivity index (χ1n) is 17.2. The molecular formula is C33H22F12O12. The molecule has 57 heavy (non-hydrogen) atoms. The summed E-state index contributed by atoms with van der Waals surface area (Å²) < 4.78 is 235. The molecule has 24 heteroatoms. The number of rotatable bonds is 14. The van der Waals surface area contributed by atoms with E-state index in [1.807, 2.05) is 0 Å². The van der Waals surface area contributed by atoms with E-state index >= 15 is 0 Å². The smallest absolute Gasteiger partial charge is 0.493 e. The van der Waals surface area contributed by atoms with E-state index in [9.17, 15) is 62.3 Å². The Bertz CT molecular complexity index is 2260. The van der Waals surface area contributed by atoms with Gasteiger partial charge in [-0.25, -0.2) is 18.4 Å². The van der Waals surface area contributed by atoms with Gasteiger partial charge in [0.15, 0.2) is 23.0 Å². The van der Waals surface area contributed by atoms with Crippen molar-refractivity contribution < 1.29 is 118 Å². The van der Waals surface area contributed by atoms with Gasteiger partial charge in [0.1, 0.15) is 57.3 Å². The Balaban J connectivity index is 0.000000335. The van der Waals surface area contributed by atoms with Crippen molar-refractivity contribution in [3.8, 4) is 57.5 Å². The Morgan fingerprint density at radius 2 is 0.982 bits per heavy atom. The van der Waals surface area contributed by atoms with Gasteiger partial charge >= 0.3 is 37.9 Å². The molecule has 0 heterocycles. The average molecular weight is 845 g/mol. The number of hydrogen-bond acceptors (Lipinski definition) is 11. The molecule has 0 saturated carbocycles. The van der Waals surface area contributed by atoms with Gasteiger partial charge in [-0.05, 0) is 24.3 Å². The predicted molar refractivity (Wildman–Crippen MR) is 164 cm³/mol. The van der Waals surface area contributed by atoms with Crippen LogP contribution >= 0.6 is 0 Å². The number of carbonyl (C=O) groups excluding carboxylic acids is 1. The van der Waals surface area contributed by atoms with E-state index in [-0.39, 0.29) is 0 Å². The molecule has 0 saturated heterocycles. The first kappa shape index (κ1) is 36.0. The minimum Gasteiger partial charge on any atom is -0.493 e. The highest BCUT2D eigenvalue weighted by Crippen LogP contribution is 2.41. The number of ether oxygens (including phenoxy) is 9. The van der Waals surface area contributed by atoms with Gasteiger partial charge in [0.2, 0.25) is 0 Å². The Morgan fingerprint density at radius 1 is 0.596 bits per heavy atom. The number of benzene rings is 4. The number of alkyl halides is 10. The fraction of sp³-hybridized carbons (Fsp3) is 0.212. The molecule has 0 spiro atoms. The molecule has 0 unspecified atom stereocenters. The summed E-state index contributed by atoms with van der Waals surface area (Å²) in [6.07, 6.45) is -10.3. The molecule has 0 aliphatic heterocycles. The van der Waals surface area contributed by atoms with Crippen molar-refractivity contribution in [1.29, 1.82) is 0 Å². The van der Waals surface area contributed by atoms with Gasteiger partial charge in [-0.3, -0.25) is 0 Å². The largest absolute Gasteiger partial charge is 0.573 e. The quantitative estimate of drug-likeness (QED) is 0.0956. The van der Waals surface area contributed by atoms with Crippen LogP contribution in [-0.4, -0.2) is 64.2 Å². The SMILES string of the molecule is [2H]C([2H])([2H])Oc1cc(OC(F)(F)F)ccc1Oc1cc(OC(F)F)cc(F)c1C(=O)O.[2H]C([2H])([2H])Oc1cc(OC(F)(F)F)ccc1Oc1cc(OC(F)F)cc(F)c1C(=O)OC. The third-order valence-corrected chi connectivity index (χ3v) is 6.07. The summed E-state index contributed by atoms with van der Waals surface area (Å²) in [5.41, 5.74) is -2.05. The van der Waals surface area contributed by atoms with Gasteiger partial charge in [0, 0.05) is 36.4 Å². The third kappa shape index (κ3) is 13.3. The third-order valence-electron chi connectivity index (χ3n) is 6.07. The van der Waals surface area contributed by atoms with Crippen LogP contribution < -0.4 is 37.9 Å². The highest BCUT2D eigenvalue weighted by atomic mass is 19.4. The predicted octanol–water partition coefficient (Wildman–Crippen LogP) is 9.74. The standard InChI is InChI=1S/C17H12F6O6.C16H10F6O6/c1-25-12-6-8(29-17(21,22)23)3-4-11(12)28-13-7-9(27-16(19)20)5-10(18)14(13)15(24)26-2;1-25-11-5-7(28-16(20,21)22)2-3-10(11)27-12-6-8(26-15(18)19)4-9(17)13(12)14(23)24/h3-7,16H,1-2H3;2-6,15H,1H3,(H,23,24)/i2*1D3. The van der Waals surface area contributed by atoms with E-state index < -0.39 is 132 Å². The van der Waals surface area contributed by atoms with Gasteiger partial charge in [-0.2, -0.15) is 17.6 Å². The fourth-order valence-electron chi connectivity index (χ4n) is 4.06. The molecule has 12 nitrogen and oxygen atoms in total. The Morgan fingerprint density at radius 3 is 1.33 bits per heavy atom. The molecule has 0 amide bonds. The van der Waals surface area contributed by atoms with Crippen molar-refractivity contribution in [2.45, 2.75) is 25.9 Å². The van der Waals surface area contributed by atoms with Crippen molar-refractivity contribution >= 4 is 11.9 Å². The lowest BCUT2D eigenvalue weighted by Gasteiger charge is -2.16. The number of carboxylic acid groups (broad SMARTS) is 1. The molecule has 4 aromatic carbocycles. The van der Waals surface area contributed by atoms with E-state index in [1.54, 1.807) is 0 Å². The maximum absolute atomic E-state index is 14.4. The van der Waals surface area contributed by atoms with Crippen molar-refractivity contribution in [1.82, 2.24) is 0 Å². The normalized spacial score (nSPS) is 13.2. The maximum Gasteiger partial charge on any atom is 0.573 e. The van der Waals surface area contributed by atoms with Crippen LogP contribution in [0.3, 0.4) is 0 Å². The molecule has 0 aromatic heterocycles. The summed E-state index contributed by atoms with van der Waals surface area (Å²) in [7, 11) is -5.50. The van der Waals surface area contributed by atoms with Crippen LogP contribution in [0, 0.1) is 11.6 Å². The Labute approximate surface area is 318 Å². The van der Waals surface area contributed by atoms with Crippen LogP contribution in [0.2, 0.25) is 0 Å². The van der Waals surface area contributed by atoms with E-state index in [4.69, 9.17) is 22.8 Å². The van der Waals surface area contributed by atoms with E-state index in [0.717, 1.165) is 13.2 Å². The van der Waals surface area contributed by atoms with Crippen LogP contribution in [0.4, 0.5) is 52.7 Å². The number of carbonyl (C=O) groups is 2. The summed E-state index contributed by atoms with van der Waals surface area (Å²) in [5, 5.41) is 9.15. The van der Waals surface area contributed by atoms with Gasteiger partial charge in [-0.1, -0.05) is 0 Å². The molecule has 0 bridgehead atoms. The van der Waals surface area contributed by atoms with E-state index in [2.05, 4.69) is 33.2 Å². The lowest BCUT2D eigenvalue weighted by atomic mass is 10.1. The van der Waals surface area contributed by atoms with Crippen molar-refractivity contribution in [2.24, 2.45) is 0 Å². The molecule has 310 valence electrons. The number of aromatic carboxylic acids is 1. The molecule has 0 radical (unpaired) electrons. The molecule has 1 N–H and O–H groups in total. The molecule has 0 aliphatic carbocycles. The van der Waals surface area contributed by atoms with Gasteiger partial charge in [0.05, 0.1) is 29.4 Å². The van der Waals surface area contributed by atoms with Crippen molar-refractivity contribution in [3.63, 3.8) is 0 Å². The number of halogens is 12. The topological polar surface area (TPSA) is 137 Å². The highest BCUT2D eigenvalue weighted by molar-refractivity contribution is 5.93. The molecule has 0 fully saturated rings. The zero-order valence-electron chi connectivity index (χ0n) is 33.4. The number of carboxylic acids is 1. The van der Waals surface area contributed by atoms with Gasteiger partial charge in [0.25, 0.3) is 0 Å². The molecule has 4 rings (SSSR count). The molecule has 4 aromatic rings. The molecule has 0 atom stereocenters. The average Bonchev–Trinajstić information content (AvgIpc) is 3.07. The number of esters is 1. The highest BCUT2D eigenvalue weighted by Gasteiger charge is 2.33. The maximum atomic E-state index is 14.4. The van der Waals surface area contributed by atoms with Gasteiger partial charge < -0.3 is 47.7 Å². The van der Waals surface area contributed by atoms with Crippen molar-refractivity contribution in [2.75, 3.05) is 21.2 Å². The molecule has 0 aliphatic rings. The first-order valence-corrected chi connectivity index (χ1v) is 14.2. The lowest BCUT2D eigenvalue weighted by molar-refractivity contribution is -0.275. The summed E-state index contributed by atoms with van der Waals surface area (Å²) in [6, 6.07) is 5.75. The van der Waals surface area contributed by atoms with Gasteiger partial charge in [-0.15, -0.1) is 26.3 Å². The zero-order chi connectivity index (χ0) is 47.8. The van der Waals surface area contributed by atoms with Crippen LogP contribution in [0.25, 0.3) is 0 Å². The van der Waals surface area contributed by atoms with E-state index in [1.165, 1.54) is 0 Å². The van der Waals surface area contributed by atoms with Crippen LogP contribution in [-0.2, 0) is 4.74 Å². The fourth-order valence-corrected chi connectivity index (χ4v) is 4.06. The molecular weight excluding hydrogens is 816 g/mol. The second-order valence-corrected chi connectivity index (χ2v) is 9.83. The summed E-state index contributed by atoms with van der Waals surface area (Å²) >= 11 is 0. The summed E-state index contributed by atoms with van der Waals surface area (Å²) in [6.45, 7) is -6.78. The lowest BCUT2D eigenvalue weighted by Crippen LogP contribution is -2.17. The van der Waals surface area contributed by atoms with E-state index in [0.29, 0.717) is 54.6 Å². The Hall–Kier alpha value is -6.62. The minimum atomic E-state index is -5.14. The van der Waals surface area contributed by atoms with Crippen LogP contribution in [0.15, 0.2) is 60.7 Å². The Kier molecular flexibility index (Phi) is 11.9. The minimum absolute atomic E-state index is 0.336. The summed E-state index contributed by atoms with van der Waals surface area (Å²) in [4.78, 5) is 23.2. The van der Waals surface area contributed by atoms with Crippen molar-refractivity contribution in [3.05, 3.63) is 83.4 Å². The second-order valence-electron chi connectivity index (χ2n) is 9.83. The zero-order valence-corrected chi connectivity index (χ0v) is 27.4. The number of methoxy groups -OCH3 is 3.